The highest BCUT2D eigenvalue weighted by atomic mass is 35.5. The lowest BCUT2D eigenvalue weighted by Crippen LogP contribution is -2.45. The zero-order valence-corrected chi connectivity index (χ0v) is 10.6. The lowest BCUT2D eigenvalue weighted by atomic mass is 9.93. The van der Waals surface area contributed by atoms with E-state index in [4.69, 9.17) is 17.3 Å². The molecule has 0 aliphatic heterocycles. The third-order valence-corrected chi connectivity index (χ3v) is 2.40. The summed E-state index contributed by atoms with van der Waals surface area (Å²) in [6, 6.07) is 5.07. The fraction of sp³-hybridized carbons (Fsp3) is 0.364. The van der Waals surface area contributed by atoms with Crippen LogP contribution < -0.4 is 5.73 Å². The van der Waals surface area contributed by atoms with E-state index in [1.54, 1.807) is 12.1 Å². The Morgan fingerprint density at radius 3 is 2.19 bits per heavy atom. The Balaban J connectivity index is 0.00000225. The summed E-state index contributed by atoms with van der Waals surface area (Å²) in [5.41, 5.74) is 4.15. The molecule has 90 valence electrons. The summed E-state index contributed by atoms with van der Waals surface area (Å²) in [7, 11) is 0. The molecule has 0 aliphatic rings. The molecule has 0 saturated carbocycles. The molecular weight excluding hydrogens is 252 g/mol. The largest absolute Gasteiger partial charge is 0.319 e. The van der Waals surface area contributed by atoms with E-state index in [0.29, 0.717) is 10.6 Å². The highest BCUT2D eigenvalue weighted by Gasteiger charge is 2.32. The van der Waals surface area contributed by atoms with Gasteiger partial charge in [-0.2, -0.15) is 0 Å². The molecule has 2 nitrogen and oxygen atoms in total. The lowest BCUT2D eigenvalue weighted by molar-refractivity contribution is 0.0833. The van der Waals surface area contributed by atoms with Crippen LogP contribution in [-0.4, -0.2) is 17.5 Å². The second-order valence-corrected chi connectivity index (χ2v) is 4.35. The Bertz CT molecular complexity index is 359. The van der Waals surface area contributed by atoms with Crippen LogP contribution in [0.3, 0.4) is 0 Å². The van der Waals surface area contributed by atoms with Crippen LogP contribution in [0.5, 0.6) is 0 Å². The molecule has 5 heteroatoms. The van der Waals surface area contributed by atoms with Gasteiger partial charge in [-0.15, -0.1) is 12.4 Å². The molecule has 0 fully saturated rings. The summed E-state index contributed by atoms with van der Waals surface area (Å²) in [6.45, 7) is 2.57. The van der Waals surface area contributed by atoms with Crippen LogP contribution in [-0.2, 0) is 0 Å². The van der Waals surface area contributed by atoms with E-state index in [1.165, 1.54) is 26.0 Å². The van der Waals surface area contributed by atoms with E-state index in [1.807, 2.05) is 0 Å². The van der Waals surface area contributed by atoms with E-state index >= 15 is 0 Å². The smallest absolute Gasteiger partial charge is 0.182 e. The number of hydrogen-bond acceptors (Lipinski definition) is 2. The third kappa shape index (κ3) is 3.74. The Labute approximate surface area is 105 Å². The van der Waals surface area contributed by atoms with Crippen molar-refractivity contribution in [3.63, 3.8) is 0 Å². The third-order valence-electron chi connectivity index (χ3n) is 2.15. The minimum absolute atomic E-state index is 0. The minimum atomic E-state index is -1.73. The number of halogens is 3. The molecule has 1 aromatic carbocycles. The molecule has 0 saturated heterocycles. The molecule has 0 amide bonds. The van der Waals surface area contributed by atoms with Gasteiger partial charge in [-0.3, -0.25) is 4.79 Å². The first-order valence-corrected chi connectivity index (χ1v) is 4.94. The maximum atomic E-state index is 13.4. The minimum Gasteiger partial charge on any atom is -0.319 e. The molecular formula is C11H14Cl2FNO. The van der Waals surface area contributed by atoms with E-state index in [9.17, 15) is 9.18 Å². The molecule has 1 atom stereocenters. The van der Waals surface area contributed by atoms with Gasteiger partial charge >= 0.3 is 0 Å². The van der Waals surface area contributed by atoms with Crippen LogP contribution >= 0.6 is 24.0 Å². The molecule has 0 spiro atoms. The summed E-state index contributed by atoms with van der Waals surface area (Å²) >= 11 is 5.67. The highest BCUT2D eigenvalue weighted by Crippen LogP contribution is 2.18. The van der Waals surface area contributed by atoms with Crippen molar-refractivity contribution >= 4 is 29.8 Å². The number of alkyl halides is 1. The van der Waals surface area contributed by atoms with Gasteiger partial charge in [0.1, 0.15) is 11.7 Å². The molecule has 1 unspecified atom stereocenters. The summed E-state index contributed by atoms with van der Waals surface area (Å²) in [5.74, 6) is -0.417. The summed E-state index contributed by atoms with van der Waals surface area (Å²) in [4.78, 5) is 11.7. The topological polar surface area (TPSA) is 43.1 Å². The van der Waals surface area contributed by atoms with Gasteiger partial charge in [0.05, 0.1) is 0 Å². The number of carbonyl (C=O) groups excluding carboxylic acids is 1. The van der Waals surface area contributed by atoms with Gasteiger partial charge in [0, 0.05) is 10.6 Å². The molecule has 16 heavy (non-hydrogen) atoms. The summed E-state index contributed by atoms with van der Waals surface area (Å²) in [5, 5.41) is 0.527. The monoisotopic (exact) mass is 265 g/mol. The van der Waals surface area contributed by atoms with E-state index in [0.717, 1.165) is 0 Å². The van der Waals surface area contributed by atoms with Crippen LogP contribution in [0.1, 0.15) is 24.2 Å². The molecule has 0 bridgehead atoms. The molecule has 1 aromatic rings. The van der Waals surface area contributed by atoms with Crippen molar-refractivity contribution in [1.29, 1.82) is 0 Å². The average molecular weight is 266 g/mol. The number of Topliss-reactive ketones (excluding diaryl/α,β-unsaturated/α-hetero) is 1. The molecule has 0 aromatic heterocycles. The molecule has 1 rings (SSSR count). The molecule has 2 N–H and O–H groups in total. The first-order chi connectivity index (χ1) is 6.82. The first kappa shape index (κ1) is 15.4. The predicted molar refractivity (Wildman–Crippen MR) is 66.2 cm³/mol. The van der Waals surface area contributed by atoms with Crippen LogP contribution in [0.25, 0.3) is 0 Å². The summed E-state index contributed by atoms with van der Waals surface area (Å²) in [6.07, 6.45) is 0. The fourth-order valence-corrected chi connectivity index (χ4v) is 1.23. The zero-order valence-electron chi connectivity index (χ0n) is 9.04. The van der Waals surface area contributed by atoms with Crippen molar-refractivity contribution in [2.24, 2.45) is 5.73 Å². The van der Waals surface area contributed by atoms with Crippen molar-refractivity contribution in [2.75, 3.05) is 0 Å². The van der Waals surface area contributed by atoms with E-state index < -0.39 is 17.5 Å². The maximum Gasteiger partial charge on any atom is 0.182 e. The number of rotatable bonds is 3. The van der Waals surface area contributed by atoms with Crippen molar-refractivity contribution < 1.29 is 9.18 Å². The Morgan fingerprint density at radius 2 is 1.81 bits per heavy atom. The van der Waals surface area contributed by atoms with Crippen molar-refractivity contribution in [3.8, 4) is 0 Å². The van der Waals surface area contributed by atoms with Crippen molar-refractivity contribution in [3.05, 3.63) is 34.9 Å². The normalized spacial score (nSPS) is 12.8. The van der Waals surface area contributed by atoms with E-state index in [-0.39, 0.29) is 12.4 Å². The number of nitrogens with two attached hydrogens (primary N) is 1. The number of hydrogen-bond donors (Lipinski definition) is 1. The van der Waals surface area contributed by atoms with Crippen LogP contribution in [0, 0.1) is 0 Å². The first-order valence-electron chi connectivity index (χ1n) is 4.56. The Hall–Kier alpha value is -0.640. The zero-order chi connectivity index (χ0) is 11.6. The van der Waals surface area contributed by atoms with Gasteiger partial charge in [-0.1, -0.05) is 11.6 Å². The quantitative estimate of drug-likeness (QED) is 0.854. The number of carbonyl (C=O) groups is 1. The second kappa shape index (κ2) is 5.62. The predicted octanol–water partition coefficient (Wildman–Crippen LogP) is 3.02. The molecule has 0 radical (unpaired) electrons. The average Bonchev–Trinajstić information content (AvgIpc) is 2.15. The lowest BCUT2D eigenvalue weighted by Gasteiger charge is -2.21. The van der Waals surface area contributed by atoms with Gasteiger partial charge in [-0.05, 0) is 38.1 Å². The summed E-state index contributed by atoms with van der Waals surface area (Å²) < 4.78 is 13.4. The van der Waals surface area contributed by atoms with E-state index in [2.05, 4.69) is 0 Å². The number of benzene rings is 1. The van der Waals surface area contributed by atoms with Gasteiger partial charge in [0.25, 0.3) is 0 Å². The van der Waals surface area contributed by atoms with Crippen LogP contribution in [0.15, 0.2) is 24.3 Å². The Kier molecular flexibility index (Phi) is 5.39. The van der Waals surface area contributed by atoms with Gasteiger partial charge < -0.3 is 5.73 Å². The van der Waals surface area contributed by atoms with Crippen LogP contribution in [0.4, 0.5) is 4.39 Å². The van der Waals surface area contributed by atoms with Crippen molar-refractivity contribution in [2.45, 2.75) is 25.6 Å². The SMILES string of the molecule is CC(C)(F)C(N)C(=O)c1ccc(Cl)cc1.Cl. The number of ketones is 1. The van der Waals surface area contributed by atoms with Crippen LogP contribution in [0.2, 0.25) is 5.02 Å². The maximum absolute atomic E-state index is 13.4. The Morgan fingerprint density at radius 1 is 1.38 bits per heavy atom. The van der Waals surface area contributed by atoms with Gasteiger partial charge in [0.15, 0.2) is 5.78 Å². The van der Waals surface area contributed by atoms with Gasteiger partial charge in [0.2, 0.25) is 0 Å². The fourth-order valence-electron chi connectivity index (χ4n) is 1.11. The second-order valence-electron chi connectivity index (χ2n) is 3.91. The molecule has 0 aliphatic carbocycles. The molecule has 0 heterocycles. The van der Waals surface area contributed by atoms with Crippen molar-refractivity contribution in [1.82, 2.24) is 0 Å². The van der Waals surface area contributed by atoms with Gasteiger partial charge in [-0.25, -0.2) is 4.39 Å². The standard InChI is InChI=1S/C11H13ClFNO.ClH/c1-11(2,13)10(14)9(15)7-3-5-8(12)6-4-7;/h3-6,10H,14H2,1-2H3;1H. The highest BCUT2D eigenvalue weighted by molar-refractivity contribution is 6.30.